The second-order valence-corrected chi connectivity index (χ2v) is 8.07. The molecule has 1 N–H and O–H groups in total. The fourth-order valence-electron chi connectivity index (χ4n) is 4.04. The fraction of sp³-hybridized carbons (Fsp3) is 0.280. The van der Waals surface area contributed by atoms with Crippen molar-refractivity contribution in [3.05, 3.63) is 98.1 Å². The molecule has 0 spiro atoms. The van der Waals surface area contributed by atoms with Gasteiger partial charge in [0.05, 0.1) is 12.2 Å². The molecule has 0 saturated carbocycles. The summed E-state index contributed by atoms with van der Waals surface area (Å²) in [6.45, 7) is 4.12. The summed E-state index contributed by atoms with van der Waals surface area (Å²) >= 11 is 0. The molecule has 8 nitrogen and oxygen atoms in total. The maximum Gasteiger partial charge on any atom is 0.332 e. The van der Waals surface area contributed by atoms with Crippen LogP contribution in [-0.4, -0.2) is 31.4 Å². The maximum atomic E-state index is 13.4. The van der Waals surface area contributed by atoms with E-state index in [1.54, 1.807) is 6.92 Å². The van der Waals surface area contributed by atoms with E-state index in [1.807, 2.05) is 37.3 Å². The normalized spacial score (nSPS) is 11.1. The minimum atomic E-state index is -0.612. The molecule has 0 aliphatic rings. The zero-order chi connectivity index (χ0) is 24.2. The molecule has 2 heterocycles. The number of carbonyl (C=O) groups excluding carboxylic acids is 1. The molecule has 4 aromatic rings. The van der Waals surface area contributed by atoms with Crippen LogP contribution < -0.4 is 16.6 Å². The molecule has 4 rings (SSSR count). The summed E-state index contributed by atoms with van der Waals surface area (Å²) in [5, 5.41) is 7.25. The van der Waals surface area contributed by atoms with Gasteiger partial charge in [-0.15, -0.1) is 0 Å². The standard InChI is InChI=1S/C25H26FN5O3/c1-3-31-23-22(17(2)28-31)29(16-21(32)27-14-13-18-7-5-4-6-8-18)25(34)30(24(23)33)15-19-9-11-20(26)12-10-19/h4-12H,3,13-16H2,1-2H3,(H,27,32). The summed E-state index contributed by atoms with van der Waals surface area (Å²) < 4.78 is 17.2. The fourth-order valence-corrected chi connectivity index (χ4v) is 4.04. The van der Waals surface area contributed by atoms with Crippen LogP contribution in [0, 0.1) is 12.7 Å². The second kappa shape index (κ2) is 9.86. The average Bonchev–Trinajstić information content (AvgIpc) is 3.17. The first-order chi connectivity index (χ1) is 16.4. The van der Waals surface area contributed by atoms with E-state index in [-0.39, 0.29) is 24.5 Å². The van der Waals surface area contributed by atoms with Crippen molar-refractivity contribution in [3.8, 4) is 0 Å². The minimum absolute atomic E-state index is 0.0442. The topological polar surface area (TPSA) is 90.9 Å². The number of hydrogen-bond acceptors (Lipinski definition) is 4. The molecule has 1 amide bonds. The van der Waals surface area contributed by atoms with E-state index in [1.165, 1.54) is 33.5 Å². The van der Waals surface area contributed by atoms with Crippen LogP contribution in [-0.2, 0) is 30.8 Å². The Labute approximate surface area is 195 Å². The van der Waals surface area contributed by atoms with Crippen LogP contribution in [0.2, 0.25) is 0 Å². The lowest BCUT2D eigenvalue weighted by molar-refractivity contribution is -0.121. The Bertz CT molecular complexity index is 1440. The third kappa shape index (κ3) is 4.68. The minimum Gasteiger partial charge on any atom is -0.354 e. The van der Waals surface area contributed by atoms with Crippen LogP contribution >= 0.6 is 0 Å². The Hall–Kier alpha value is -4.01. The molecule has 2 aromatic carbocycles. The van der Waals surface area contributed by atoms with E-state index >= 15 is 0 Å². The van der Waals surface area contributed by atoms with Crippen molar-refractivity contribution >= 4 is 16.9 Å². The number of nitrogens with one attached hydrogen (secondary N) is 1. The van der Waals surface area contributed by atoms with Gasteiger partial charge in [0, 0.05) is 13.1 Å². The first kappa shape index (κ1) is 23.2. The van der Waals surface area contributed by atoms with Crippen molar-refractivity contribution in [1.82, 2.24) is 24.2 Å². The van der Waals surface area contributed by atoms with E-state index in [2.05, 4.69) is 10.4 Å². The van der Waals surface area contributed by atoms with E-state index in [9.17, 15) is 18.8 Å². The highest BCUT2D eigenvalue weighted by atomic mass is 19.1. The van der Waals surface area contributed by atoms with Gasteiger partial charge in [0.1, 0.15) is 17.9 Å². The summed E-state index contributed by atoms with van der Waals surface area (Å²) in [7, 11) is 0. The highest BCUT2D eigenvalue weighted by Crippen LogP contribution is 2.14. The Balaban J connectivity index is 1.69. The molecule has 0 aliphatic carbocycles. The first-order valence-electron chi connectivity index (χ1n) is 11.1. The Morgan fingerprint density at radius 1 is 0.971 bits per heavy atom. The highest BCUT2D eigenvalue weighted by molar-refractivity contribution is 5.81. The number of carbonyl (C=O) groups is 1. The van der Waals surface area contributed by atoms with Crippen molar-refractivity contribution in [3.63, 3.8) is 0 Å². The van der Waals surface area contributed by atoms with E-state index in [0.717, 1.165) is 10.1 Å². The molecule has 34 heavy (non-hydrogen) atoms. The Kier molecular flexibility index (Phi) is 6.72. The molecule has 0 atom stereocenters. The van der Waals surface area contributed by atoms with Crippen LogP contribution in [0.3, 0.4) is 0 Å². The average molecular weight is 464 g/mol. The van der Waals surface area contributed by atoms with Gasteiger partial charge >= 0.3 is 5.69 Å². The summed E-state index contributed by atoms with van der Waals surface area (Å²) in [6, 6.07) is 15.4. The molecular formula is C25H26FN5O3. The summed E-state index contributed by atoms with van der Waals surface area (Å²) in [4.78, 5) is 39.4. The summed E-state index contributed by atoms with van der Waals surface area (Å²) in [5.74, 6) is -0.745. The van der Waals surface area contributed by atoms with Gasteiger partial charge in [-0.3, -0.25) is 23.4 Å². The zero-order valence-electron chi connectivity index (χ0n) is 19.1. The van der Waals surface area contributed by atoms with Gasteiger partial charge < -0.3 is 5.32 Å². The largest absolute Gasteiger partial charge is 0.354 e. The lowest BCUT2D eigenvalue weighted by Crippen LogP contribution is -2.43. The number of fused-ring (bicyclic) bond motifs is 1. The van der Waals surface area contributed by atoms with Gasteiger partial charge in [-0.2, -0.15) is 5.10 Å². The SMILES string of the molecule is CCn1nc(C)c2c1c(=O)n(Cc1ccc(F)cc1)c(=O)n2CC(=O)NCCc1ccccc1. The molecule has 2 aromatic heterocycles. The summed E-state index contributed by atoms with van der Waals surface area (Å²) in [5.41, 5.74) is 1.70. The molecule has 0 radical (unpaired) electrons. The second-order valence-electron chi connectivity index (χ2n) is 8.07. The predicted molar refractivity (Wildman–Crippen MR) is 127 cm³/mol. The first-order valence-corrected chi connectivity index (χ1v) is 11.1. The van der Waals surface area contributed by atoms with E-state index < -0.39 is 17.1 Å². The number of benzene rings is 2. The van der Waals surface area contributed by atoms with Crippen molar-refractivity contribution < 1.29 is 9.18 Å². The number of amides is 1. The van der Waals surface area contributed by atoms with Crippen LogP contribution in [0.5, 0.6) is 0 Å². The number of rotatable bonds is 8. The van der Waals surface area contributed by atoms with Crippen LogP contribution in [0.15, 0.2) is 64.2 Å². The van der Waals surface area contributed by atoms with Crippen LogP contribution in [0.4, 0.5) is 4.39 Å². The number of aromatic nitrogens is 4. The zero-order valence-corrected chi connectivity index (χ0v) is 19.1. The number of nitrogens with zero attached hydrogens (tertiary/aromatic N) is 4. The predicted octanol–water partition coefficient (Wildman–Crippen LogP) is 2.23. The molecule has 176 valence electrons. The highest BCUT2D eigenvalue weighted by Gasteiger charge is 2.21. The third-order valence-corrected chi connectivity index (χ3v) is 5.71. The maximum absolute atomic E-state index is 13.4. The van der Waals surface area contributed by atoms with Crippen LogP contribution in [0.1, 0.15) is 23.7 Å². The molecular weight excluding hydrogens is 437 g/mol. The quantitative estimate of drug-likeness (QED) is 0.434. The smallest absolute Gasteiger partial charge is 0.332 e. The lowest BCUT2D eigenvalue weighted by Gasteiger charge is -2.13. The lowest BCUT2D eigenvalue weighted by atomic mass is 10.1. The van der Waals surface area contributed by atoms with Gasteiger partial charge in [0.15, 0.2) is 5.52 Å². The van der Waals surface area contributed by atoms with Crippen molar-refractivity contribution in [1.29, 1.82) is 0 Å². The molecule has 9 heteroatoms. The number of aryl methyl sites for hydroxylation is 2. The van der Waals surface area contributed by atoms with Gasteiger partial charge in [-0.25, -0.2) is 9.18 Å². The van der Waals surface area contributed by atoms with Gasteiger partial charge in [0.2, 0.25) is 5.91 Å². The van der Waals surface area contributed by atoms with Crippen molar-refractivity contribution in [2.75, 3.05) is 6.54 Å². The Morgan fingerprint density at radius 3 is 2.35 bits per heavy atom. The summed E-state index contributed by atoms with van der Waals surface area (Å²) in [6.07, 6.45) is 0.660. The molecule has 0 aliphatic heterocycles. The van der Waals surface area contributed by atoms with Gasteiger partial charge in [-0.05, 0) is 43.5 Å². The number of halogens is 1. The van der Waals surface area contributed by atoms with Crippen molar-refractivity contribution in [2.45, 2.75) is 39.9 Å². The van der Waals surface area contributed by atoms with E-state index in [4.69, 9.17) is 0 Å². The monoisotopic (exact) mass is 463 g/mol. The molecule has 0 unspecified atom stereocenters. The van der Waals surface area contributed by atoms with Gasteiger partial charge in [0.25, 0.3) is 5.56 Å². The van der Waals surface area contributed by atoms with Gasteiger partial charge in [-0.1, -0.05) is 42.5 Å². The molecule has 0 bridgehead atoms. The number of hydrogen-bond donors (Lipinski definition) is 1. The van der Waals surface area contributed by atoms with Crippen molar-refractivity contribution in [2.24, 2.45) is 0 Å². The molecule has 0 fully saturated rings. The third-order valence-electron chi connectivity index (χ3n) is 5.71. The molecule has 0 saturated heterocycles. The van der Waals surface area contributed by atoms with E-state index in [0.29, 0.717) is 36.3 Å². The van der Waals surface area contributed by atoms with Crippen LogP contribution in [0.25, 0.3) is 11.0 Å². The Morgan fingerprint density at radius 2 is 1.68 bits per heavy atom.